The third-order valence-electron chi connectivity index (χ3n) is 4.60. The minimum atomic E-state index is -0.183. The van der Waals surface area contributed by atoms with E-state index in [1.807, 2.05) is 12.1 Å². The van der Waals surface area contributed by atoms with Crippen molar-refractivity contribution < 1.29 is 19.4 Å². The van der Waals surface area contributed by atoms with Crippen molar-refractivity contribution in [1.82, 2.24) is 0 Å². The average molecular weight is 420 g/mol. The highest BCUT2D eigenvalue weighted by Crippen LogP contribution is 2.37. The monoisotopic (exact) mass is 419 g/mol. The van der Waals surface area contributed by atoms with Gasteiger partial charge in [-0.3, -0.25) is 9.79 Å². The Balaban J connectivity index is 1.84. The van der Waals surface area contributed by atoms with Gasteiger partial charge in [-0.05, 0) is 41.8 Å². The van der Waals surface area contributed by atoms with Crippen LogP contribution in [0, 0.1) is 0 Å². The number of hydrogen-bond donors (Lipinski definition) is 1. The van der Waals surface area contributed by atoms with E-state index in [0.29, 0.717) is 33.7 Å². The van der Waals surface area contributed by atoms with Crippen molar-refractivity contribution in [2.24, 2.45) is 4.99 Å². The number of benzene rings is 2. The molecule has 28 heavy (non-hydrogen) atoms. The molecule has 1 unspecified atom stereocenters. The van der Waals surface area contributed by atoms with Crippen LogP contribution in [0.15, 0.2) is 52.7 Å². The van der Waals surface area contributed by atoms with Crippen LogP contribution in [0.25, 0.3) is 0 Å². The Kier molecular flexibility index (Phi) is 6.27. The molecule has 0 fully saturated rings. The Morgan fingerprint density at radius 3 is 2.46 bits per heavy atom. The van der Waals surface area contributed by atoms with Crippen LogP contribution in [0.5, 0.6) is 11.5 Å². The quantitative estimate of drug-likeness (QED) is 0.633. The Bertz CT molecular complexity index is 969. The second kappa shape index (κ2) is 8.67. The molecule has 2 aromatic carbocycles. The zero-order valence-corrected chi connectivity index (χ0v) is 16.9. The molecule has 146 valence electrons. The number of halogens is 2. The number of Topliss-reactive ketones (excluding diaryl/α,β-unsaturated/α-hetero) is 1. The first kappa shape index (κ1) is 20.2. The summed E-state index contributed by atoms with van der Waals surface area (Å²) in [6.07, 6.45) is 1.95. The molecular formula is C21H19Cl2NO4. The number of aliphatic hydroxyl groups excluding tert-OH is 1. The van der Waals surface area contributed by atoms with E-state index < -0.39 is 0 Å². The van der Waals surface area contributed by atoms with Crippen molar-refractivity contribution in [1.29, 1.82) is 0 Å². The Morgan fingerprint density at radius 1 is 1.07 bits per heavy atom. The lowest BCUT2D eigenvalue weighted by Crippen LogP contribution is -2.19. The van der Waals surface area contributed by atoms with Gasteiger partial charge in [0.2, 0.25) is 0 Å². The maximum absolute atomic E-state index is 12.6. The number of rotatable bonds is 5. The van der Waals surface area contributed by atoms with E-state index in [1.54, 1.807) is 38.5 Å². The van der Waals surface area contributed by atoms with Crippen LogP contribution in [-0.2, 0) is 4.79 Å². The molecule has 1 atom stereocenters. The van der Waals surface area contributed by atoms with Crippen LogP contribution in [0.3, 0.4) is 0 Å². The molecule has 2 aromatic rings. The number of aliphatic hydroxyl groups is 1. The fraction of sp³-hybridized carbons (Fsp3) is 0.238. The topological polar surface area (TPSA) is 68.1 Å². The van der Waals surface area contributed by atoms with Gasteiger partial charge in [-0.25, -0.2) is 0 Å². The van der Waals surface area contributed by atoms with Crippen LogP contribution in [0.1, 0.15) is 24.3 Å². The summed E-state index contributed by atoms with van der Waals surface area (Å²) in [6.45, 7) is 0. The summed E-state index contributed by atoms with van der Waals surface area (Å²) in [6, 6.07) is 10.4. The highest BCUT2D eigenvalue weighted by Gasteiger charge is 2.28. The fourth-order valence-electron chi connectivity index (χ4n) is 3.12. The van der Waals surface area contributed by atoms with E-state index in [4.69, 9.17) is 32.7 Å². The van der Waals surface area contributed by atoms with Crippen molar-refractivity contribution in [3.63, 3.8) is 0 Å². The third kappa shape index (κ3) is 4.32. The SMILES string of the molecule is COc1ccc(C2CC(=O)C(C=Nc3ccc(Cl)cc3Cl)=C(O)C2)cc1OC. The molecule has 1 aliphatic carbocycles. The van der Waals surface area contributed by atoms with E-state index in [0.717, 1.165) is 5.56 Å². The second-order valence-electron chi connectivity index (χ2n) is 6.36. The number of aliphatic imine (C=N–C) groups is 1. The first-order valence-corrected chi connectivity index (χ1v) is 9.35. The van der Waals surface area contributed by atoms with Gasteiger partial charge in [-0.15, -0.1) is 0 Å². The predicted molar refractivity (Wildman–Crippen MR) is 111 cm³/mol. The third-order valence-corrected chi connectivity index (χ3v) is 5.14. The minimum absolute atomic E-state index is 0.00451. The Hall–Kier alpha value is -2.50. The summed E-state index contributed by atoms with van der Waals surface area (Å²) >= 11 is 12.0. The van der Waals surface area contributed by atoms with Gasteiger partial charge in [0.05, 0.1) is 30.5 Å². The maximum atomic E-state index is 12.6. The number of allylic oxidation sites excluding steroid dienone is 2. The molecule has 1 N–H and O–H groups in total. The fourth-order valence-corrected chi connectivity index (χ4v) is 3.58. The Labute approximate surface area is 173 Å². The first-order chi connectivity index (χ1) is 13.4. The highest BCUT2D eigenvalue weighted by atomic mass is 35.5. The lowest BCUT2D eigenvalue weighted by molar-refractivity contribution is -0.116. The molecule has 3 rings (SSSR count). The largest absolute Gasteiger partial charge is 0.511 e. The number of ketones is 1. The molecule has 1 aliphatic rings. The number of carbonyl (C=O) groups excluding carboxylic acids is 1. The smallest absolute Gasteiger partial charge is 0.168 e. The van der Waals surface area contributed by atoms with Crippen LogP contribution in [0.2, 0.25) is 10.0 Å². The molecule has 0 aromatic heterocycles. The number of hydrogen-bond acceptors (Lipinski definition) is 5. The van der Waals surface area contributed by atoms with E-state index >= 15 is 0 Å². The molecule has 0 heterocycles. The lowest BCUT2D eigenvalue weighted by Gasteiger charge is -2.23. The summed E-state index contributed by atoms with van der Waals surface area (Å²) < 4.78 is 10.6. The summed E-state index contributed by atoms with van der Waals surface area (Å²) in [7, 11) is 3.12. The number of methoxy groups -OCH3 is 2. The van der Waals surface area contributed by atoms with Gasteiger partial charge in [-0.1, -0.05) is 29.3 Å². The van der Waals surface area contributed by atoms with E-state index in [1.165, 1.54) is 6.21 Å². The van der Waals surface area contributed by atoms with Crippen molar-refractivity contribution in [2.75, 3.05) is 14.2 Å². The second-order valence-corrected chi connectivity index (χ2v) is 7.20. The number of ether oxygens (including phenoxy) is 2. The van der Waals surface area contributed by atoms with Crippen molar-refractivity contribution in [2.45, 2.75) is 18.8 Å². The average Bonchev–Trinajstić information content (AvgIpc) is 2.68. The van der Waals surface area contributed by atoms with E-state index in [2.05, 4.69) is 4.99 Å². The molecule has 0 aliphatic heterocycles. The molecule has 5 nitrogen and oxygen atoms in total. The molecule has 0 saturated carbocycles. The normalized spacial score (nSPS) is 17.3. The minimum Gasteiger partial charge on any atom is -0.511 e. The summed E-state index contributed by atoms with van der Waals surface area (Å²) in [4.78, 5) is 16.8. The molecule has 0 bridgehead atoms. The molecule has 0 spiro atoms. The zero-order valence-electron chi connectivity index (χ0n) is 15.4. The predicted octanol–water partition coefficient (Wildman–Crippen LogP) is 5.67. The van der Waals surface area contributed by atoms with Crippen molar-refractivity contribution in [3.05, 3.63) is 63.3 Å². The lowest BCUT2D eigenvalue weighted by atomic mass is 9.83. The molecular weight excluding hydrogens is 401 g/mol. The first-order valence-electron chi connectivity index (χ1n) is 8.59. The van der Waals surface area contributed by atoms with Gasteiger partial charge in [-0.2, -0.15) is 0 Å². The standard InChI is InChI=1S/C21H19Cl2NO4/c1-27-20-6-3-12(9-21(20)28-2)13-7-18(25)15(19(26)8-13)11-24-17-5-4-14(22)10-16(17)23/h3-6,9-11,13,25H,7-8H2,1-2H3. The van der Waals surface area contributed by atoms with Crippen LogP contribution in [-0.4, -0.2) is 31.3 Å². The summed E-state index contributed by atoms with van der Waals surface area (Å²) in [5, 5.41) is 11.3. The maximum Gasteiger partial charge on any atom is 0.168 e. The van der Waals surface area contributed by atoms with Gasteiger partial charge in [0, 0.05) is 24.1 Å². The molecule has 0 radical (unpaired) electrons. The highest BCUT2D eigenvalue weighted by molar-refractivity contribution is 6.36. The number of nitrogens with zero attached hydrogens (tertiary/aromatic N) is 1. The van der Waals surface area contributed by atoms with E-state index in [9.17, 15) is 9.90 Å². The zero-order chi connectivity index (χ0) is 20.3. The molecule has 0 saturated heterocycles. The van der Waals surface area contributed by atoms with Crippen LogP contribution in [0.4, 0.5) is 5.69 Å². The number of carbonyl (C=O) groups is 1. The summed E-state index contributed by atoms with van der Waals surface area (Å²) in [5.74, 6) is 0.868. The van der Waals surface area contributed by atoms with Gasteiger partial charge in [0.15, 0.2) is 17.3 Å². The van der Waals surface area contributed by atoms with Gasteiger partial charge < -0.3 is 14.6 Å². The van der Waals surface area contributed by atoms with Gasteiger partial charge in [0.25, 0.3) is 0 Å². The molecule has 0 amide bonds. The summed E-state index contributed by atoms with van der Waals surface area (Å²) in [5.41, 5.74) is 1.57. The van der Waals surface area contributed by atoms with Crippen LogP contribution >= 0.6 is 23.2 Å². The van der Waals surface area contributed by atoms with Gasteiger partial charge in [0.1, 0.15) is 5.76 Å². The Morgan fingerprint density at radius 2 is 1.82 bits per heavy atom. The molecule has 7 heteroatoms. The van der Waals surface area contributed by atoms with Gasteiger partial charge >= 0.3 is 0 Å². The van der Waals surface area contributed by atoms with Crippen LogP contribution < -0.4 is 9.47 Å². The van der Waals surface area contributed by atoms with Crippen molar-refractivity contribution in [3.8, 4) is 11.5 Å². The van der Waals surface area contributed by atoms with Crippen molar-refractivity contribution >= 4 is 40.9 Å². The van der Waals surface area contributed by atoms with E-state index in [-0.39, 0.29) is 29.5 Å².